The first kappa shape index (κ1) is 34.0. The minimum absolute atomic E-state index is 0.0265. The largest absolute Gasteiger partial charge is 0.488 e. The second kappa shape index (κ2) is 14.3. The molecular weight excluding hydrogens is 740 g/mol. The topological polar surface area (TPSA) is 104 Å². The molecule has 2 aromatic heterocycles. The Morgan fingerprint density at radius 2 is 1.33 bits per heavy atom. The van der Waals surface area contributed by atoms with E-state index in [1.165, 1.54) is 0 Å². The van der Waals surface area contributed by atoms with Gasteiger partial charge in [-0.05, 0) is 50.6 Å². The molecule has 10 nitrogen and oxygen atoms in total. The molecule has 1 N–H and O–H groups in total. The predicted octanol–water partition coefficient (Wildman–Crippen LogP) is 6.95. The fourth-order valence-electron chi connectivity index (χ4n) is 6.53. The Balaban J connectivity index is 0.000000177. The smallest absolute Gasteiger partial charge is 0.223 e. The minimum atomic E-state index is -0.0793. The number of hydrogen-bond donors (Lipinski definition) is 1. The zero-order chi connectivity index (χ0) is 34.1. The molecule has 3 aromatic carbocycles. The van der Waals surface area contributed by atoms with Crippen LogP contribution in [0.1, 0.15) is 45.2 Å². The van der Waals surface area contributed by atoms with Crippen LogP contribution in [0.5, 0.6) is 11.5 Å². The van der Waals surface area contributed by atoms with Crippen molar-refractivity contribution in [1.82, 2.24) is 29.3 Å². The van der Waals surface area contributed by atoms with Crippen LogP contribution < -0.4 is 14.8 Å². The van der Waals surface area contributed by atoms with Crippen molar-refractivity contribution in [3.05, 3.63) is 81.8 Å². The summed E-state index contributed by atoms with van der Waals surface area (Å²) in [7, 11) is 3.91. The Morgan fingerprint density at radius 3 is 1.85 bits per heavy atom. The minimum Gasteiger partial charge on any atom is -0.488 e. The maximum absolute atomic E-state index is 12.7. The predicted molar refractivity (Wildman–Crippen MR) is 193 cm³/mol. The second-order valence-electron chi connectivity index (χ2n) is 12.8. The van der Waals surface area contributed by atoms with Crippen molar-refractivity contribution >= 4 is 65.7 Å². The summed E-state index contributed by atoms with van der Waals surface area (Å²) in [5, 5.41) is 2.85. The number of nitrogens with one attached hydrogen (secondary N) is 1. The van der Waals surface area contributed by atoms with Gasteiger partial charge in [-0.1, -0.05) is 62.2 Å². The van der Waals surface area contributed by atoms with Crippen LogP contribution in [0.15, 0.2) is 76.2 Å². The Bertz CT molecular complexity index is 1940. The number of halogens is 2. The molecule has 2 aliphatic heterocycles. The van der Waals surface area contributed by atoms with Gasteiger partial charge in [-0.25, -0.2) is 9.97 Å². The summed E-state index contributed by atoms with van der Waals surface area (Å²) in [6.45, 7) is 7.54. The number of nitrogens with zero attached hydrogens (tertiary/aromatic N) is 5. The molecule has 2 amide bonds. The first-order chi connectivity index (χ1) is 23.0. The Hall–Kier alpha value is -3.90. The maximum atomic E-state index is 12.7. The third-order valence-electron chi connectivity index (χ3n) is 9.38. The van der Waals surface area contributed by atoms with Gasteiger partial charge in [0, 0.05) is 60.8 Å². The lowest BCUT2D eigenvalue weighted by Crippen LogP contribution is -2.31. The molecule has 2 fully saturated rings. The molecule has 12 heteroatoms. The van der Waals surface area contributed by atoms with Gasteiger partial charge in [-0.3, -0.25) is 9.59 Å². The lowest BCUT2D eigenvalue weighted by molar-refractivity contribution is -0.129. The van der Waals surface area contributed by atoms with Crippen molar-refractivity contribution in [3.63, 3.8) is 0 Å². The molecule has 4 heterocycles. The monoisotopic (exact) mass is 778 g/mol. The van der Waals surface area contributed by atoms with Crippen LogP contribution in [0, 0.1) is 11.8 Å². The lowest BCUT2D eigenvalue weighted by Gasteiger charge is -2.26. The number of imidazole rings is 2. The summed E-state index contributed by atoms with van der Waals surface area (Å²) < 4.78 is 18.2. The fourth-order valence-corrected chi connectivity index (χ4v) is 7.38. The van der Waals surface area contributed by atoms with E-state index in [4.69, 9.17) is 9.47 Å². The van der Waals surface area contributed by atoms with Crippen molar-refractivity contribution in [2.45, 2.75) is 51.9 Å². The number of carbonyl (C=O) groups is 2. The average molecular weight is 781 g/mol. The average Bonchev–Trinajstić information content (AvgIpc) is 3.84. The zero-order valence-electron chi connectivity index (χ0n) is 27.7. The molecule has 0 radical (unpaired) electrons. The fraction of sp³-hybridized carbons (Fsp3) is 0.389. The summed E-state index contributed by atoms with van der Waals surface area (Å²) in [5.41, 5.74) is 4.88. The highest BCUT2D eigenvalue weighted by Gasteiger charge is 2.37. The molecule has 0 aliphatic carbocycles. The number of likely N-dealkylation sites (tertiary alicyclic amines) is 1. The van der Waals surface area contributed by atoms with Gasteiger partial charge in [-0.2, -0.15) is 0 Å². The quantitative estimate of drug-likeness (QED) is 0.183. The summed E-state index contributed by atoms with van der Waals surface area (Å²) in [6, 6.07) is 18.1. The normalized spacial score (nSPS) is 19.6. The van der Waals surface area contributed by atoms with Crippen LogP contribution >= 0.6 is 31.9 Å². The van der Waals surface area contributed by atoms with Gasteiger partial charge in [0.2, 0.25) is 11.8 Å². The Kier molecular flexibility index (Phi) is 10.1. The van der Waals surface area contributed by atoms with E-state index in [2.05, 4.69) is 73.1 Å². The van der Waals surface area contributed by atoms with E-state index in [1.807, 2.05) is 77.5 Å². The van der Waals surface area contributed by atoms with Crippen molar-refractivity contribution < 1.29 is 19.1 Å². The van der Waals surface area contributed by atoms with E-state index in [1.54, 1.807) is 12.7 Å². The first-order valence-electron chi connectivity index (χ1n) is 16.1. The number of fused-ring (bicyclic) bond motifs is 2. The Morgan fingerprint density at radius 1 is 0.792 bits per heavy atom. The molecule has 0 bridgehead atoms. The van der Waals surface area contributed by atoms with E-state index in [9.17, 15) is 9.59 Å². The number of ether oxygens (including phenoxy) is 2. The van der Waals surface area contributed by atoms with Crippen LogP contribution in [-0.4, -0.2) is 61.1 Å². The third-order valence-corrected chi connectivity index (χ3v) is 10.3. The molecule has 252 valence electrons. The van der Waals surface area contributed by atoms with Gasteiger partial charge in [0.15, 0.2) is 0 Å². The van der Waals surface area contributed by atoms with Gasteiger partial charge in [0.1, 0.15) is 34.7 Å². The number of carbonyl (C=O) groups excluding carboxylic acids is 2. The number of hydrogen-bond acceptors (Lipinski definition) is 6. The molecule has 0 unspecified atom stereocenters. The maximum Gasteiger partial charge on any atom is 0.223 e. The molecule has 0 saturated carbocycles. The van der Waals surface area contributed by atoms with Crippen LogP contribution in [0.2, 0.25) is 0 Å². The summed E-state index contributed by atoms with van der Waals surface area (Å²) >= 11 is 7.02. The number of aryl methyl sites for hydroxylation is 2. The number of benzene rings is 3. The van der Waals surface area contributed by atoms with Gasteiger partial charge in [-0.15, -0.1) is 0 Å². The summed E-state index contributed by atoms with van der Waals surface area (Å²) in [6.07, 6.45) is 4.50. The molecular formula is C36H40Br2N6O4. The molecule has 2 aliphatic rings. The van der Waals surface area contributed by atoms with Crippen molar-refractivity contribution in [2.75, 3.05) is 13.1 Å². The van der Waals surface area contributed by atoms with Crippen LogP contribution in [0.25, 0.3) is 22.1 Å². The Labute approximate surface area is 297 Å². The molecule has 7 rings (SSSR count). The highest BCUT2D eigenvalue weighted by molar-refractivity contribution is 9.10. The molecule has 0 spiro atoms. The lowest BCUT2D eigenvalue weighted by atomic mass is 10.0. The molecule has 48 heavy (non-hydrogen) atoms. The van der Waals surface area contributed by atoms with E-state index < -0.39 is 0 Å². The molecule has 5 atom stereocenters. The number of amides is 2. The highest BCUT2D eigenvalue weighted by Crippen LogP contribution is 2.35. The standard InChI is InChI=1S/C22H24BrN3O2.C14H16BrN3O2/c1-14(16-7-5-4-6-8-16)26-12-17(9-21(26)27)15(2)28-20-11-18(23)10-19-22(20)25(3)13-24-19;1-8(9-3-13(19)16-6-9)20-12-5-10(15)4-11-14(12)18(2)7-17-11/h4-8,10-11,13-15,17H,9,12H2,1-3H3;4-5,7-9H,3,6H2,1-2H3,(H,16,19)/t14-,15-,17-;8-,9-/m11/s1. The second-order valence-corrected chi connectivity index (χ2v) is 14.6. The van der Waals surface area contributed by atoms with Crippen molar-refractivity contribution in [1.29, 1.82) is 0 Å². The van der Waals surface area contributed by atoms with Crippen molar-refractivity contribution in [3.8, 4) is 11.5 Å². The molecule has 2 saturated heterocycles. The van der Waals surface area contributed by atoms with E-state index >= 15 is 0 Å². The SMILES string of the molecule is C[C@@H](Oc1cc(Br)cc2ncn(C)c12)[C@H]1CNC(=O)C1.C[C@H](c1ccccc1)N1C[C@H]([C@@H](C)Oc2cc(Br)cc3ncn(C)c23)CC1=O. The first-order valence-corrected chi connectivity index (χ1v) is 17.7. The van der Waals surface area contributed by atoms with Crippen molar-refractivity contribution in [2.24, 2.45) is 25.9 Å². The molecule has 5 aromatic rings. The van der Waals surface area contributed by atoms with E-state index in [0.29, 0.717) is 25.9 Å². The van der Waals surface area contributed by atoms with Crippen LogP contribution in [0.4, 0.5) is 0 Å². The van der Waals surface area contributed by atoms with E-state index in [-0.39, 0.29) is 41.9 Å². The van der Waals surface area contributed by atoms with E-state index in [0.717, 1.165) is 48.1 Å². The van der Waals surface area contributed by atoms with Crippen LogP contribution in [-0.2, 0) is 23.7 Å². The zero-order valence-corrected chi connectivity index (χ0v) is 30.9. The number of aromatic nitrogens is 4. The summed E-state index contributed by atoms with van der Waals surface area (Å²) in [5.74, 6) is 2.24. The van der Waals surface area contributed by atoms with Gasteiger partial charge >= 0.3 is 0 Å². The van der Waals surface area contributed by atoms with Gasteiger partial charge < -0.3 is 28.8 Å². The number of rotatable bonds is 8. The third kappa shape index (κ3) is 7.24. The van der Waals surface area contributed by atoms with Gasteiger partial charge in [0.05, 0.1) is 29.7 Å². The highest BCUT2D eigenvalue weighted by atomic mass is 79.9. The van der Waals surface area contributed by atoms with Gasteiger partial charge in [0.25, 0.3) is 0 Å². The summed E-state index contributed by atoms with van der Waals surface area (Å²) in [4.78, 5) is 34.7. The van der Waals surface area contributed by atoms with Crippen LogP contribution in [0.3, 0.4) is 0 Å².